The van der Waals surface area contributed by atoms with Crippen molar-refractivity contribution in [2.24, 2.45) is 5.41 Å². The van der Waals surface area contributed by atoms with Crippen LogP contribution in [0, 0.1) is 5.41 Å². The van der Waals surface area contributed by atoms with Crippen LogP contribution in [0.2, 0.25) is 0 Å². The van der Waals surface area contributed by atoms with Crippen molar-refractivity contribution < 1.29 is 0 Å². The van der Waals surface area contributed by atoms with Gasteiger partial charge in [0.15, 0.2) is 0 Å². The first-order valence-electron chi connectivity index (χ1n) is 6.78. The maximum absolute atomic E-state index is 2.45. The molecule has 0 heterocycles. The first kappa shape index (κ1) is 11.0. The molecule has 2 rings (SSSR count). The van der Waals surface area contributed by atoms with Gasteiger partial charge in [0.2, 0.25) is 0 Å². The molecule has 84 valence electrons. The summed E-state index contributed by atoms with van der Waals surface area (Å²) in [6, 6.07) is 0. The van der Waals surface area contributed by atoms with E-state index in [4.69, 9.17) is 0 Å². The normalized spacial score (nSPS) is 26.7. The maximum Gasteiger partial charge on any atom is 0.00671 e. The summed E-state index contributed by atoms with van der Waals surface area (Å²) in [5.74, 6) is 0. The predicted molar refractivity (Wildman–Crippen MR) is 66.9 cm³/mol. The molecule has 0 bridgehead atoms. The highest BCUT2D eigenvalue weighted by Crippen LogP contribution is 2.38. The van der Waals surface area contributed by atoms with Crippen LogP contribution in [0.25, 0.3) is 0 Å². The smallest absolute Gasteiger partial charge is 0.00671 e. The predicted octanol–water partition coefficient (Wildman–Crippen LogP) is 5.01. The molecule has 0 N–H and O–H groups in total. The van der Waals surface area contributed by atoms with E-state index in [-0.39, 0.29) is 0 Å². The van der Waals surface area contributed by atoms with E-state index in [0.717, 1.165) is 0 Å². The highest BCUT2D eigenvalue weighted by molar-refractivity contribution is 5.24. The summed E-state index contributed by atoms with van der Waals surface area (Å²) in [6.45, 7) is 0. The van der Waals surface area contributed by atoms with Gasteiger partial charge in [-0.2, -0.15) is 0 Å². The van der Waals surface area contributed by atoms with Crippen molar-refractivity contribution in [3.8, 4) is 0 Å². The zero-order valence-corrected chi connectivity index (χ0v) is 9.88. The Labute approximate surface area is 94.5 Å². The first-order valence-corrected chi connectivity index (χ1v) is 6.78. The molecule has 0 saturated heterocycles. The average molecular weight is 204 g/mol. The summed E-state index contributed by atoms with van der Waals surface area (Å²) >= 11 is 0. The fourth-order valence-corrected chi connectivity index (χ4v) is 2.98. The van der Waals surface area contributed by atoms with Gasteiger partial charge in [-0.15, -0.1) is 0 Å². The summed E-state index contributed by atoms with van der Waals surface area (Å²) in [7, 11) is 0. The zero-order chi connectivity index (χ0) is 10.4. The highest BCUT2D eigenvalue weighted by Gasteiger charge is 2.24. The minimum Gasteiger partial charge on any atom is -0.0745 e. The second kappa shape index (κ2) is 5.53. The van der Waals surface area contributed by atoms with Crippen LogP contribution in [-0.2, 0) is 0 Å². The van der Waals surface area contributed by atoms with E-state index in [1.165, 1.54) is 64.2 Å². The van der Waals surface area contributed by atoms with Crippen LogP contribution >= 0.6 is 0 Å². The van der Waals surface area contributed by atoms with Crippen molar-refractivity contribution in [1.82, 2.24) is 0 Å². The summed E-state index contributed by atoms with van der Waals surface area (Å²) in [5, 5.41) is 0. The lowest BCUT2D eigenvalue weighted by Gasteiger charge is -2.25. The van der Waals surface area contributed by atoms with Gasteiger partial charge in [0.25, 0.3) is 0 Å². The minimum absolute atomic E-state index is 0.463. The molecule has 0 atom stereocenters. The molecule has 0 radical (unpaired) electrons. The number of rotatable bonds is 0. The summed E-state index contributed by atoms with van der Waals surface area (Å²) in [5.41, 5.74) is 0.463. The van der Waals surface area contributed by atoms with Crippen molar-refractivity contribution in [1.29, 1.82) is 0 Å². The van der Waals surface area contributed by atoms with Gasteiger partial charge in [-0.3, -0.25) is 0 Å². The number of hydrogen-bond acceptors (Lipinski definition) is 0. The van der Waals surface area contributed by atoms with Crippen LogP contribution < -0.4 is 0 Å². The molecule has 1 saturated carbocycles. The topological polar surface area (TPSA) is 0 Å². The molecule has 1 spiro atoms. The largest absolute Gasteiger partial charge is 0.0745 e. The fourth-order valence-electron chi connectivity index (χ4n) is 2.98. The third kappa shape index (κ3) is 3.22. The SMILES string of the molecule is C1=CC2(C=C1)CCCCCCCCCC2. The standard InChI is InChI=1S/C15H24/c1-2-4-6-8-12-15(11-7-5-3-1)13-9-10-14-15/h9-10,13-14H,1-8,11-12H2. The highest BCUT2D eigenvalue weighted by atomic mass is 14.3. The van der Waals surface area contributed by atoms with Crippen molar-refractivity contribution in [2.75, 3.05) is 0 Å². The maximum atomic E-state index is 2.45. The third-order valence-electron chi connectivity index (χ3n) is 4.00. The first-order chi connectivity index (χ1) is 7.41. The van der Waals surface area contributed by atoms with Crippen LogP contribution in [0.15, 0.2) is 24.3 Å². The van der Waals surface area contributed by atoms with Crippen molar-refractivity contribution >= 4 is 0 Å². The number of hydrogen-bond donors (Lipinski definition) is 0. The molecular formula is C15H24. The Balaban J connectivity index is 1.91. The van der Waals surface area contributed by atoms with Gasteiger partial charge in [-0.1, -0.05) is 75.7 Å². The Morgan fingerprint density at radius 2 is 0.933 bits per heavy atom. The van der Waals surface area contributed by atoms with Gasteiger partial charge in [-0.25, -0.2) is 0 Å². The quantitative estimate of drug-likeness (QED) is 0.520. The molecule has 15 heavy (non-hydrogen) atoms. The van der Waals surface area contributed by atoms with Crippen LogP contribution in [0.5, 0.6) is 0 Å². The third-order valence-corrected chi connectivity index (χ3v) is 4.00. The lowest BCUT2D eigenvalue weighted by molar-refractivity contribution is 0.385. The van der Waals surface area contributed by atoms with Crippen LogP contribution in [0.3, 0.4) is 0 Å². The fraction of sp³-hybridized carbons (Fsp3) is 0.733. The molecule has 0 aliphatic heterocycles. The van der Waals surface area contributed by atoms with Crippen LogP contribution in [0.4, 0.5) is 0 Å². The van der Waals surface area contributed by atoms with Crippen molar-refractivity contribution in [3.63, 3.8) is 0 Å². The van der Waals surface area contributed by atoms with Crippen LogP contribution in [0.1, 0.15) is 64.2 Å². The van der Waals surface area contributed by atoms with E-state index in [9.17, 15) is 0 Å². The Kier molecular flexibility index (Phi) is 4.05. The van der Waals surface area contributed by atoms with Crippen molar-refractivity contribution in [2.45, 2.75) is 64.2 Å². The second-order valence-corrected chi connectivity index (χ2v) is 5.28. The lowest BCUT2D eigenvalue weighted by atomic mass is 9.79. The minimum atomic E-state index is 0.463. The van der Waals surface area contributed by atoms with Gasteiger partial charge in [0.1, 0.15) is 0 Å². The molecule has 2 aliphatic carbocycles. The molecule has 0 aromatic heterocycles. The molecule has 0 amide bonds. The van der Waals surface area contributed by atoms with Gasteiger partial charge < -0.3 is 0 Å². The second-order valence-electron chi connectivity index (χ2n) is 5.28. The van der Waals surface area contributed by atoms with Crippen LogP contribution in [-0.4, -0.2) is 0 Å². The molecule has 0 heteroatoms. The van der Waals surface area contributed by atoms with E-state index in [1.54, 1.807) is 0 Å². The molecule has 1 fully saturated rings. The lowest BCUT2D eigenvalue weighted by Crippen LogP contribution is -2.13. The monoisotopic (exact) mass is 204 g/mol. The molecule has 2 aliphatic rings. The number of allylic oxidation sites excluding steroid dienone is 4. The summed E-state index contributed by atoms with van der Waals surface area (Å²) < 4.78 is 0. The van der Waals surface area contributed by atoms with Gasteiger partial charge >= 0.3 is 0 Å². The Morgan fingerprint density at radius 1 is 0.533 bits per heavy atom. The van der Waals surface area contributed by atoms with Gasteiger partial charge in [-0.05, 0) is 12.8 Å². The van der Waals surface area contributed by atoms with E-state index >= 15 is 0 Å². The van der Waals surface area contributed by atoms with E-state index in [2.05, 4.69) is 24.3 Å². The molecule has 0 aromatic rings. The molecular weight excluding hydrogens is 180 g/mol. The van der Waals surface area contributed by atoms with E-state index < -0.39 is 0 Å². The summed E-state index contributed by atoms with van der Waals surface area (Å²) in [6.07, 6.45) is 23.8. The van der Waals surface area contributed by atoms with E-state index in [0.29, 0.717) is 5.41 Å². The van der Waals surface area contributed by atoms with Crippen molar-refractivity contribution in [3.05, 3.63) is 24.3 Å². The summed E-state index contributed by atoms with van der Waals surface area (Å²) in [4.78, 5) is 0. The zero-order valence-electron chi connectivity index (χ0n) is 9.88. The molecule has 0 unspecified atom stereocenters. The molecule has 0 aromatic carbocycles. The molecule has 0 nitrogen and oxygen atoms in total. The Morgan fingerprint density at radius 3 is 1.40 bits per heavy atom. The van der Waals surface area contributed by atoms with Gasteiger partial charge in [0.05, 0.1) is 0 Å². The average Bonchev–Trinajstić information content (AvgIpc) is 2.67. The Hall–Kier alpha value is -0.520. The Bertz CT molecular complexity index is 208. The van der Waals surface area contributed by atoms with E-state index in [1.807, 2.05) is 0 Å². The van der Waals surface area contributed by atoms with Gasteiger partial charge in [0, 0.05) is 5.41 Å².